The number of carbonyl (C=O) groups is 1. The number of benzene rings is 2. The molecule has 0 saturated heterocycles. The average Bonchev–Trinajstić information content (AvgIpc) is 3.00. The molecule has 0 aliphatic rings. The fourth-order valence-corrected chi connectivity index (χ4v) is 3.39. The van der Waals surface area contributed by atoms with Gasteiger partial charge in [0.1, 0.15) is 5.82 Å². The van der Waals surface area contributed by atoms with E-state index >= 15 is 0 Å². The Bertz CT molecular complexity index is 1180. The zero-order chi connectivity index (χ0) is 21.4. The molecule has 0 bridgehead atoms. The van der Waals surface area contributed by atoms with Gasteiger partial charge in [-0.25, -0.2) is 13.1 Å². The van der Waals surface area contributed by atoms with Gasteiger partial charge in [-0.1, -0.05) is 18.2 Å². The van der Waals surface area contributed by atoms with Crippen molar-refractivity contribution < 1.29 is 26.4 Å². The first kappa shape index (κ1) is 20.6. The van der Waals surface area contributed by atoms with Crippen LogP contribution in [0.3, 0.4) is 0 Å². The van der Waals surface area contributed by atoms with Crippen LogP contribution in [0.4, 0.5) is 19.0 Å². The van der Waals surface area contributed by atoms with Gasteiger partial charge in [0.05, 0.1) is 21.8 Å². The highest BCUT2D eigenvalue weighted by Gasteiger charge is 2.34. The van der Waals surface area contributed by atoms with E-state index in [9.17, 15) is 26.4 Å². The molecule has 0 fully saturated rings. The summed E-state index contributed by atoms with van der Waals surface area (Å²) in [4.78, 5) is 12.6. The van der Waals surface area contributed by atoms with Gasteiger partial charge in [0.15, 0.2) is 9.84 Å². The van der Waals surface area contributed by atoms with Gasteiger partial charge >= 0.3 is 6.18 Å². The number of para-hydroxylation sites is 1. The van der Waals surface area contributed by atoms with E-state index in [4.69, 9.17) is 0 Å². The molecular formula is C19H16F3N3O3S. The van der Waals surface area contributed by atoms with Crippen molar-refractivity contribution in [2.75, 3.05) is 11.6 Å². The van der Waals surface area contributed by atoms with E-state index < -0.39 is 27.5 Å². The SMILES string of the molecule is Cc1cc(NC(=O)c2cccc(S(C)(=O)=O)c2)n(-c2ccccc2C(F)(F)F)n1. The summed E-state index contributed by atoms with van der Waals surface area (Å²) in [5.41, 5.74) is -0.712. The lowest BCUT2D eigenvalue weighted by Crippen LogP contribution is -2.17. The molecule has 1 aromatic heterocycles. The Morgan fingerprint density at radius 3 is 2.41 bits per heavy atom. The van der Waals surface area contributed by atoms with Crippen LogP contribution < -0.4 is 5.32 Å². The van der Waals surface area contributed by atoms with Crippen molar-refractivity contribution in [3.63, 3.8) is 0 Å². The summed E-state index contributed by atoms with van der Waals surface area (Å²) in [6.07, 6.45) is -3.60. The molecule has 0 radical (unpaired) electrons. The number of hydrogen-bond donors (Lipinski definition) is 1. The fourth-order valence-electron chi connectivity index (χ4n) is 2.73. The molecule has 152 valence electrons. The Morgan fingerprint density at radius 2 is 1.76 bits per heavy atom. The Balaban J connectivity index is 2.01. The lowest BCUT2D eigenvalue weighted by Gasteiger charge is -2.15. The van der Waals surface area contributed by atoms with Crippen LogP contribution in [0, 0.1) is 6.92 Å². The maximum Gasteiger partial charge on any atom is 0.418 e. The molecule has 6 nitrogen and oxygen atoms in total. The van der Waals surface area contributed by atoms with Crippen molar-refractivity contribution in [3.8, 4) is 5.69 Å². The predicted octanol–water partition coefficient (Wildman–Crippen LogP) is 3.86. The number of hydrogen-bond acceptors (Lipinski definition) is 4. The van der Waals surface area contributed by atoms with E-state index in [1.165, 1.54) is 48.5 Å². The van der Waals surface area contributed by atoms with Crippen molar-refractivity contribution >= 4 is 21.6 Å². The summed E-state index contributed by atoms with van der Waals surface area (Å²) in [7, 11) is -3.52. The quantitative estimate of drug-likeness (QED) is 0.691. The molecule has 1 heterocycles. The van der Waals surface area contributed by atoms with Crippen LogP contribution in [0.1, 0.15) is 21.6 Å². The van der Waals surface area contributed by atoms with E-state index in [2.05, 4.69) is 10.4 Å². The number of anilines is 1. The lowest BCUT2D eigenvalue weighted by atomic mass is 10.1. The smallest absolute Gasteiger partial charge is 0.306 e. The average molecular weight is 423 g/mol. The van der Waals surface area contributed by atoms with Gasteiger partial charge in [-0.15, -0.1) is 0 Å². The third-order valence-electron chi connectivity index (χ3n) is 4.04. The van der Waals surface area contributed by atoms with Crippen LogP contribution in [0.5, 0.6) is 0 Å². The van der Waals surface area contributed by atoms with Crippen LogP contribution in [0.2, 0.25) is 0 Å². The number of alkyl halides is 3. The number of carbonyl (C=O) groups excluding carboxylic acids is 1. The Labute approximate surface area is 164 Å². The minimum absolute atomic E-state index is 0.0222. The van der Waals surface area contributed by atoms with Gasteiger partial charge in [-0.2, -0.15) is 18.3 Å². The van der Waals surface area contributed by atoms with Crippen molar-refractivity contribution in [2.45, 2.75) is 18.0 Å². The molecule has 3 aromatic rings. The highest BCUT2D eigenvalue weighted by molar-refractivity contribution is 7.90. The van der Waals surface area contributed by atoms with E-state index in [-0.39, 0.29) is 22.0 Å². The number of halogens is 3. The number of rotatable bonds is 4. The van der Waals surface area contributed by atoms with E-state index in [0.717, 1.165) is 17.0 Å². The van der Waals surface area contributed by atoms with E-state index in [1.807, 2.05) is 0 Å². The second kappa shape index (κ2) is 7.36. The molecule has 0 aliphatic heterocycles. The third kappa shape index (κ3) is 4.48. The first-order chi connectivity index (χ1) is 13.5. The van der Waals surface area contributed by atoms with Crippen LogP contribution in [0.25, 0.3) is 5.69 Å². The second-order valence-electron chi connectivity index (χ2n) is 6.35. The molecule has 0 unspecified atom stereocenters. The molecule has 10 heteroatoms. The number of sulfone groups is 1. The summed E-state index contributed by atoms with van der Waals surface area (Å²) < 4.78 is 64.5. The molecule has 3 rings (SSSR count). The molecular weight excluding hydrogens is 407 g/mol. The van der Waals surface area contributed by atoms with Crippen LogP contribution in [-0.2, 0) is 16.0 Å². The number of aryl methyl sites for hydroxylation is 1. The number of amides is 1. The first-order valence-corrected chi connectivity index (χ1v) is 10.2. The zero-order valence-corrected chi connectivity index (χ0v) is 16.2. The zero-order valence-electron chi connectivity index (χ0n) is 15.4. The van der Waals surface area contributed by atoms with Gasteiger partial charge in [0, 0.05) is 17.9 Å². The van der Waals surface area contributed by atoms with E-state index in [0.29, 0.717) is 5.69 Å². The highest BCUT2D eigenvalue weighted by Crippen LogP contribution is 2.34. The minimum atomic E-state index is -4.61. The molecule has 29 heavy (non-hydrogen) atoms. The van der Waals surface area contributed by atoms with Crippen molar-refractivity contribution in [1.82, 2.24) is 9.78 Å². The monoisotopic (exact) mass is 423 g/mol. The van der Waals surface area contributed by atoms with Crippen molar-refractivity contribution in [2.24, 2.45) is 0 Å². The normalized spacial score (nSPS) is 12.0. The topological polar surface area (TPSA) is 81.1 Å². The first-order valence-electron chi connectivity index (χ1n) is 8.31. The minimum Gasteiger partial charge on any atom is -0.306 e. The Morgan fingerprint density at radius 1 is 1.07 bits per heavy atom. The van der Waals surface area contributed by atoms with Gasteiger partial charge in [0.2, 0.25) is 0 Å². The van der Waals surface area contributed by atoms with Gasteiger partial charge in [-0.3, -0.25) is 4.79 Å². The van der Waals surface area contributed by atoms with Gasteiger partial charge < -0.3 is 5.32 Å². The summed E-state index contributed by atoms with van der Waals surface area (Å²) in [6.45, 7) is 1.58. The standard InChI is InChI=1S/C19H16F3N3O3S/c1-12-10-17(23-18(26)13-6-5-7-14(11-13)29(2,27)28)25(24-12)16-9-4-3-8-15(16)19(20,21)22/h3-11H,1-2H3,(H,23,26). The Kier molecular flexibility index (Phi) is 5.22. The molecule has 0 aliphatic carbocycles. The molecule has 0 spiro atoms. The van der Waals surface area contributed by atoms with Crippen molar-refractivity contribution in [1.29, 1.82) is 0 Å². The predicted molar refractivity (Wildman–Crippen MR) is 101 cm³/mol. The number of nitrogens with zero attached hydrogens (tertiary/aromatic N) is 2. The number of aromatic nitrogens is 2. The molecule has 1 amide bonds. The maximum atomic E-state index is 13.4. The fraction of sp³-hybridized carbons (Fsp3) is 0.158. The summed E-state index contributed by atoms with van der Waals surface area (Å²) in [6, 6.07) is 11.6. The summed E-state index contributed by atoms with van der Waals surface area (Å²) >= 11 is 0. The third-order valence-corrected chi connectivity index (χ3v) is 5.15. The summed E-state index contributed by atoms with van der Waals surface area (Å²) in [5.74, 6) is -0.657. The highest BCUT2D eigenvalue weighted by atomic mass is 32.2. The molecule has 2 aromatic carbocycles. The largest absolute Gasteiger partial charge is 0.418 e. The molecule has 0 saturated carbocycles. The maximum absolute atomic E-state index is 13.4. The number of nitrogens with one attached hydrogen (secondary N) is 1. The Hall–Kier alpha value is -3.14. The van der Waals surface area contributed by atoms with Gasteiger partial charge in [0.25, 0.3) is 5.91 Å². The molecule has 0 atom stereocenters. The van der Waals surface area contributed by atoms with E-state index in [1.54, 1.807) is 6.92 Å². The van der Waals surface area contributed by atoms with Crippen LogP contribution in [-0.4, -0.2) is 30.4 Å². The van der Waals surface area contributed by atoms with Gasteiger partial charge in [-0.05, 0) is 37.3 Å². The lowest BCUT2D eigenvalue weighted by molar-refractivity contribution is -0.137. The second-order valence-corrected chi connectivity index (χ2v) is 8.37. The van der Waals surface area contributed by atoms with Crippen molar-refractivity contribution in [3.05, 3.63) is 71.4 Å². The van der Waals surface area contributed by atoms with Crippen LogP contribution >= 0.6 is 0 Å². The molecule has 1 N–H and O–H groups in total. The summed E-state index contributed by atoms with van der Waals surface area (Å²) in [5, 5.41) is 6.57. The van der Waals surface area contributed by atoms with Crippen LogP contribution in [0.15, 0.2) is 59.5 Å².